The van der Waals surface area contributed by atoms with Crippen LogP contribution < -0.4 is 11.0 Å². The number of amides is 1. The van der Waals surface area contributed by atoms with Crippen molar-refractivity contribution in [3.63, 3.8) is 0 Å². The van der Waals surface area contributed by atoms with E-state index in [-0.39, 0.29) is 17.5 Å². The predicted molar refractivity (Wildman–Crippen MR) is 109 cm³/mol. The number of nitrogens with zero attached hydrogens (tertiary/aromatic N) is 3. The highest BCUT2D eigenvalue weighted by Crippen LogP contribution is 2.24. The van der Waals surface area contributed by atoms with E-state index < -0.39 is 0 Å². The lowest BCUT2D eigenvalue weighted by atomic mass is 10.1. The van der Waals surface area contributed by atoms with Crippen molar-refractivity contribution in [2.45, 2.75) is 45.7 Å². The van der Waals surface area contributed by atoms with Crippen LogP contribution in [0.25, 0.3) is 11.2 Å². The van der Waals surface area contributed by atoms with Gasteiger partial charge in [0.25, 0.3) is 0 Å². The van der Waals surface area contributed by atoms with E-state index in [2.05, 4.69) is 22.4 Å². The molecule has 0 atom stereocenters. The fraction of sp³-hybridized carbons (Fsp3) is 0.409. The molecule has 0 radical (unpaired) electrons. The quantitative estimate of drug-likeness (QED) is 0.717. The van der Waals surface area contributed by atoms with Crippen LogP contribution >= 0.6 is 0 Å². The summed E-state index contributed by atoms with van der Waals surface area (Å²) < 4.78 is 3.42. The molecule has 2 heterocycles. The number of imidazole rings is 1. The van der Waals surface area contributed by atoms with E-state index in [1.54, 1.807) is 15.3 Å². The van der Waals surface area contributed by atoms with Crippen molar-refractivity contribution in [3.05, 3.63) is 64.2 Å². The number of aryl methyl sites for hydroxylation is 1. The van der Waals surface area contributed by atoms with Crippen LogP contribution in [0.15, 0.2) is 47.4 Å². The molecule has 4 rings (SSSR count). The monoisotopic (exact) mass is 378 g/mol. The van der Waals surface area contributed by atoms with Crippen LogP contribution in [0.1, 0.15) is 36.8 Å². The Morgan fingerprint density at radius 2 is 1.89 bits per heavy atom. The first kappa shape index (κ1) is 18.5. The highest BCUT2D eigenvalue weighted by atomic mass is 16.2. The number of hydrogen-bond acceptors (Lipinski definition) is 3. The SMILES string of the molecule is Cc1ccc(Cn2c(=O)n(CCNC(=O)C3CCCC3)c3ncccc32)cc1. The summed E-state index contributed by atoms with van der Waals surface area (Å²) in [5.74, 6) is 0.250. The number of benzene rings is 1. The molecule has 0 saturated heterocycles. The standard InChI is InChI=1S/C22H26N4O2/c1-16-8-10-17(11-9-16)15-26-19-7-4-12-23-20(19)25(22(26)28)14-13-24-21(27)18-5-2-3-6-18/h4,7-12,18H,2-3,5-6,13-15H2,1H3,(H,24,27). The maximum absolute atomic E-state index is 13.1. The maximum atomic E-state index is 13.1. The Kier molecular flexibility index (Phi) is 5.28. The molecular formula is C22H26N4O2. The van der Waals surface area contributed by atoms with Gasteiger partial charge in [-0.05, 0) is 37.5 Å². The number of carbonyl (C=O) groups excluding carboxylic acids is 1. The summed E-state index contributed by atoms with van der Waals surface area (Å²) in [7, 11) is 0. The lowest BCUT2D eigenvalue weighted by Gasteiger charge is -2.10. The van der Waals surface area contributed by atoms with E-state index >= 15 is 0 Å². The summed E-state index contributed by atoms with van der Waals surface area (Å²) in [6.45, 7) is 3.41. The van der Waals surface area contributed by atoms with Crippen LogP contribution in [0.3, 0.4) is 0 Å². The van der Waals surface area contributed by atoms with Crippen LogP contribution in [-0.2, 0) is 17.9 Å². The Morgan fingerprint density at radius 1 is 1.14 bits per heavy atom. The first-order valence-corrected chi connectivity index (χ1v) is 10.0. The molecular weight excluding hydrogens is 352 g/mol. The largest absolute Gasteiger partial charge is 0.354 e. The van der Waals surface area contributed by atoms with Crippen molar-refractivity contribution in [3.8, 4) is 0 Å². The fourth-order valence-electron chi connectivity index (χ4n) is 4.00. The number of rotatable bonds is 6. The lowest BCUT2D eigenvalue weighted by Crippen LogP contribution is -2.34. The first-order chi connectivity index (χ1) is 13.6. The number of pyridine rings is 1. The summed E-state index contributed by atoms with van der Waals surface area (Å²) in [6.07, 6.45) is 5.92. The molecule has 0 unspecified atom stereocenters. The zero-order valence-electron chi connectivity index (χ0n) is 16.2. The zero-order valence-corrected chi connectivity index (χ0v) is 16.2. The molecule has 1 fully saturated rings. The van der Waals surface area contributed by atoms with Crippen molar-refractivity contribution < 1.29 is 4.79 Å². The fourth-order valence-corrected chi connectivity index (χ4v) is 4.00. The average molecular weight is 378 g/mol. The number of carbonyl (C=O) groups is 1. The molecule has 146 valence electrons. The number of hydrogen-bond donors (Lipinski definition) is 1. The zero-order chi connectivity index (χ0) is 19.5. The Balaban J connectivity index is 1.54. The van der Waals surface area contributed by atoms with Gasteiger partial charge in [0, 0.05) is 25.2 Å². The molecule has 0 aliphatic heterocycles. The molecule has 1 aromatic carbocycles. The average Bonchev–Trinajstić information content (AvgIpc) is 3.33. The van der Waals surface area contributed by atoms with Gasteiger partial charge in [-0.3, -0.25) is 13.9 Å². The minimum Gasteiger partial charge on any atom is -0.354 e. The molecule has 6 heteroatoms. The van der Waals surface area contributed by atoms with Crippen molar-refractivity contribution in [1.29, 1.82) is 0 Å². The van der Waals surface area contributed by atoms with Gasteiger partial charge < -0.3 is 5.32 Å². The number of aromatic nitrogens is 3. The molecule has 1 amide bonds. The van der Waals surface area contributed by atoms with Crippen molar-refractivity contribution in [2.24, 2.45) is 5.92 Å². The molecule has 1 aliphatic carbocycles. The van der Waals surface area contributed by atoms with Gasteiger partial charge in [0.1, 0.15) is 0 Å². The van der Waals surface area contributed by atoms with Gasteiger partial charge in [-0.25, -0.2) is 9.78 Å². The highest BCUT2D eigenvalue weighted by Gasteiger charge is 2.22. The van der Waals surface area contributed by atoms with E-state index in [0.717, 1.165) is 36.8 Å². The summed E-state index contributed by atoms with van der Waals surface area (Å²) in [6, 6.07) is 12.0. The third-order valence-electron chi connectivity index (χ3n) is 5.60. The minimum atomic E-state index is -0.0932. The van der Waals surface area contributed by atoms with Gasteiger partial charge in [-0.2, -0.15) is 0 Å². The predicted octanol–water partition coefficient (Wildman–Crippen LogP) is 2.86. The lowest BCUT2D eigenvalue weighted by molar-refractivity contribution is -0.124. The van der Waals surface area contributed by atoms with E-state index in [0.29, 0.717) is 25.3 Å². The second-order valence-corrected chi connectivity index (χ2v) is 7.62. The summed E-state index contributed by atoms with van der Waals surface area (Å²) in [5.41, 5.74) is 3.65. The van der Waals surface area contributed by atoms with Crippen LogP contribution in [0.5, 0.6) is 0 Å². The Morgan fingerprint density at radius 3 is 2.64 bits per heavy atom. The molecule has 1 saturated carbocycles. The van der Waals surface area contributed by atoms with Crippen molar-refractivity contribution in [2.75, 3.05) is 6.54 Å². The molecule has 28 heavy (non-hydrogen) atoms. The topological polar surface area (TPSA) is 68.9 Å². The van der Waals surface area contributed by atoms with Gasteiger partial charge in [-0.15, -0.1) is 0 Å². The van der Waals surface area contributed by atoms with Crippen LogP contribution in [0.4, 0.5) is 0 Å². The van der Waals surface area contributed by atoms with Crippen LogP contribution in [0, 0.1) is 12.8 Å². The molecule has 0 bridgehead atoms. The Labute approximate surface area is 164 Å². The minimum absolute atomic E-state index is 0.0932. The molecule has 1 N–H and O–H groups in total. The number of fused-ring (bicyclic) bond motifs is 1. The van der Waals surface area contributed by atoms with E-state index in [1.807, 2.05) is 31.2 Å². The maximum Gasteiger partial charge on any atom is 0.330 e. The van der Waals surface area contributed by atoms with Gasteiger partial charge in [-0.1, -0.05) is 42.7 Å². The summed E-state index contributed by atoms with van der Waals surface area (Å²) in [4.78, 5) is 29.7. The van der Waals surface area contributed by atoms with Crippen LogP contribution in [-0.4, -0.2) is 26.6 Å². The smallest absolute Gasteiger partial charge is 0.330 e. The van der Waals surface area contributed by atoms with E-state index in [1.165, 1.54) is 5.56 Å². The molecule has 2 aromatic heterocycles. The molecule has 3 aromatic rings. The second kappa shape index (κ2) is 8.00. The Hall–Kier alpha value is -2.89. The number of nitrogens with one attached hydrogen (secondary N) is 1. The Bertz CT molecular complexity index is 1030. The van der Waals surface area contributed by atoms with Gasteiger partial charge in [0.2, 0.25) is 5.91 Å². The third kappa shape index (κ3) is 3.72. The summed E-state index contributed by atoms with van der Waals surface area (Å²) in [5, 5.41) is 2.99. The van der Waals surface area contributed by atoms with Gasteiger partial charge >= 0.3 is 5.69 Å². The highest BCUT2D eigenvalue weighted by molar-refractivity contribution is 5.78. The third-order valence-corrected chi connectivity index (χ3v) is 5.60. The first-order valence-electron chi connectivity index (χ1n) is 10.0. The van der Waals surface area contributed by atoms with E-state index in [9.17, 15) is 9.59 Å². The van der Waals surface area contributed by atoms with Crippen molar-refractivity contribution in [1.82, 2.24) is 19.4 Å². The normalized spacial score (nSPS) is 14.6. The van der Waals surface area contributed by atoms with E-state index in [4.69, 9.17) is 0 Å². The molecule has 6 nitrogen and oxygen atoms in total. The van der Waals surface area contributed by atoms with Crippen LogP contribution in [0.2, 0.25) is 0 Å². The van der Waals surface area contributed by atoms with Crippen molar-refractivity contribution >= 4 is 17.1 Å². The summed E-state index contributed by atoms with van der Waals surface area (Å²) >= 11 is 0. The van der Waals surface area contributed by atoms with Gasteiger partial charge in [0.05, 0.1) is 12.1 Å². The molecule has 0 spiro atoms. The molecule has 1 aliphatic rings. The van der Waals surface area contributed by atoms with Gasteiger partial charge in [0.15, 0.2) is 5.65 Å². The second-order valence-electron chi connectivity index (χ2n) is 7.62.